The Morgan fingerprint density at radius 3 is 2.42 bits per heavy atom. The molecule has 1 aliphatic heterocycles. The van der Waals surface area contributed by atoms with Crippen LogP contribution in [0, 0.1) is 0 Å². The minimum Gasteiger partial charge on any atom is -0.300 e. The largest absolute Gasteiger partial charge is 0.416 e. The summed E-state index contributed by atoms with van der Waals surface area (Å²) in [6, 6.07) is 5.38. The third-order valence-electron chi connectivity index (χ3n) is 3.49. The average Bonchev–Trinajstić information content (AvgIpc) is 2.32. The molecule has 2 nitrogen and oxygen atoms in total. The highest BCUT2D eigenvalue weighted by Gasteiger charge is 2.30. The Balaban J connectivity index is 2.02. The van der Waals surface area contributed by atoms with Crippen molar-refractivity contribution in [1.29, 1.82) is 0 Å². The molecule has 5 heteroatoms. The van der Waals surface area contributed by atoms with Crippen LogP contribution in [0.15, 0.2) is 24.3 Å². The lowest BCUT2D eigenvalue weighted by atomic mass is 10.0. The Morgan fingerprint density at radius 2 is 1.89 bits per heavy atom. The summed E-state index contributed by atoms with van der Waals surface area (Å²) in [5.74, 6) is 0.260. The predicted molar refractivity (Wildman–Crippen MR) is 65.6 cm³/mol. The lowest BCUT2D eigenvalue weighted by molar-refractivity contribution is -0.137. The normalized spacial score (nSPS) is 21.7. The van der Waals surface area contributed by atoms with E-state index in [4.69, 9.17) is 0 Å². The molecule has 1 aliphatic rings. The standard InChI is InChI=1S/C14H16F3NO/c1-10-8-13(19)6-7-18(10)9-11-2-4-12(5-3-11)14(15,16)17/h2-5,10H,6-9H2,1H3. The highest BCUT2D eigenvalue weighted by Crippen LogP contribution is 2.29. The fraction of sp³-hybridized carbons (Fsp3) is 0.500. The molecule has 0 saturated carbocycles. The number of carbonyl (C=O) groups excluding carboxylic acids is 1. The van der Waals surface area contributed by atoms with Gasteiger partial charge in [0.25, 0.3) is 0 Å². The fourth-order valence-electron chi connectivity index (χ4n) is 2.32. The molecule has 0 aliphatic carbocycles. The summed E-state index contributed by atoms with van der Waals surface area (Å²) in [6.07, 6.45) is -3.23. The van der Waals surface area contributed by atoms with Gasteiger partial charge in [-0.2, -0.15) is 13.2 Å². The first-order valence-electron chi connectivity index (χ1n) is 6.28. The van der Waals surface area contributed by atoms with E-state index < -0.39 is 11.7 Å². The maximum atomic E-state index is 12.4. The van der Waals surface area contributed by atoms with Gasteiger partial charge in [0, 0.05) is 32.0 Å². The molecule has 0 aromatic heterocycles. The van der Waals surface area contributed by atoms with E-state index in [0.29, 0.717) is 25.9 Å². The van der Waals surface area contributed by atoms with Crippen molar-refractivity contribution in [2.24, 2.45) is 0 Å². The number of likely N-dealkylation sites (tertiary alicyclic amines) is 1. The molecule has 1 fully saturated rings. The summed E-state index contributed by atoms with van der Waals surface area (Å²) >= 11 is 0. The Hall–Kier alpha value is -1.36. The number of rotatable bonds is 2. The molecule has 0 bridgehead atoms. The third-order valence-corrected chi connectivity index (χ3v) is 3.49. The van der Waals surface area contributed by atoms with Gasteiger partial charge in [0.1, 0.15) is 5.78 Å². The molecular weight excluding hydrogens is 255 g/mol. The number of Topliss-reactive ketones (excluding diaryl/α,β-unsaturated/α-hetero) is 1. The number of halogens is 3. The molecule has 0 radical (unpaired) electrons. The predicted octanol–water partition coefficient (Wildman–Crippen LogP) is 3.26. The van der Waals surface area contributed by atoms with Gasteiger partial charge < -0.3 is 0 Å². The van der Waals surface area contributed by atoms with Gasteiger partial charge in [0.2, 0.25) is 0 Å². The highest BCUT2D eigenvalue weighted by atomic mass is 19.4. The minimum atomic E-state index is -4.29. The quantitative estimate of drug-likeness (QED) is 0.823. The number of benzene rings is 1. The van der Waals surface area contributed by atoms with Crippen LogP contribution in [0.5, 0.6) is 0 Å². The molecule has 1 aromatic carbocycles. The molecule has 1 heterocycles. The van der Waals surface area contributed by atoms with E-state index in [-0.39, 0.29) is 11.8 Å². The van der Waals surface area contributed by atoms with E-state index in [2.05, 4.69) is 4.90 Å². The van der Waals surface area contributed by atoms with E-state index in [0.717, 1.165) is 17.7 Å². The minimum absolute atomic E-state index is 0.156. The van der Waals surface area contributed by atoms with Crippen LogP contribution in [0.4, 0.5) is 13.2 Å². The number of carbonyl (C=O) groups is 1. The number of alkyl halides is 3. The van der Waals surface area contributed by atoms with Gasteiger partial charge >= 0.3 is 6.18 Å². The van der Waals surface area contributed by atoms with Crippen LogP contribution in [0.1, 0.15) is 30.9 Å². The molecule has 0 spiro atoms. The number of nitrogens with zero attached hydrogens (tertiary/aromatic N) is 1. The number of piperidine rings is 1. The highest BCUT2D eigenvalue weighted by molar-refractivity contribution is 5.79. The monoisotopic (exact) mass is 271 g/mol. The van der Waals surface area contributed by atoms with Crippen molar-refractivity contribution in [2.45, 2.75) is 38.5 Å². The van der Waals surface area contributed by atoms with Crippen LogP contribution >= 0.6 is 0 Å². The van der Waals surface area contributed by atoms with Crippen LogP contribution in [-0.2, 0) is 17.5 Å². The second kappa shape index (κ2) is 5.33. The molecule has 104 valence electrons. The van der Waals surface area contributed by atoms with E-state index in [1.54, 1.807) is 0 Å². The molecule has 1 saturated heterocycles. The van der Waals surface area contributed by atoms with Crippen LogP contribution in [-0.4, -0.2) is 23.3 Å². The molecule has 0 N–H and O–H groups in total. The van der Waals surface area contributed by atoms with Gasteiger partial charge in [0.05, 0.1) is 5.56 Å². The third kappa shape index (κ3) is 3.56. The smallest absolute Gasteiger partial charge is 0.300 e. The summed E-state index contributed by atoms with van der Waals surface area (Å²) in [6.45, 7) is 3.24. The number of hydrogen-bond acceptors (Lipinski definition) is 2. The van der Waals surface area contributed by atoms with Gasteiger partial charge in [-0.25, -0.2) is 0 Å². The van der Waals surface area contributed by atoms with Crippen molar-refractivity contribution in [2.75, 3.05) is 6.54 Å². The van der Waals surface area contributed by atoms with E-state index >= 15 is 0 Å². The van der Waals surface area contributed by atoms with Crippen molar-refractivity contribution in [1.82, 2.24) is 4.90 Å². The molecule has 19 heavy (non-hydrogen) atoms. The first-order valence-corrected chi connectivity index (χ1v) is 6.28. The van der Waals surface area contributed by atoms with Crippen LogP contribution in [0.25, 0.3) is 0 Å². The number of ketones is 1. The summed E-state index contributed by atoms with van der Waals surface area (Å²) in [5.41, 5.74) is 0.215. The SMILES string of the molecule is CC1CC(=O)CCN1Cc1ccc(C(F)(F)F)cc1. The molecule has 2 rings (SSSR count). The first kappa shape index (κ1) is 14.1. The van der Waals surface area contributed by atoms with Crippen molar-refractivity contribution in [3.05, 3.63) is 35.4 Å². The zero-order valence-electron chi connectivity index (χ0n) is 10.7. The lowest BCUT2D eigenvalue weighted by Crippen LogP contribution is -2.40. The second-order valence-corrected chi connectivity index (χ2v) is 5.01. The van der Waals surface area contributed by atoms with E-state index in [9.17, 15) is 18.0 Å². The van der Waals surface area contributed by atoms with Crippen molar-refractivity contribution >= 4 is 5.78 Å². The maximum Gasteiger partial charge on any atom is 0.416 e. The molecule has 0 amide bonds. The first-order chi connectivity index (χ1) is 8.86. The zero-order chi connectivity index (χ0) is 14.0. The summed E-state index contributed by atoms with van der Waals surface area (Å²) in [4.78, 5) is 13.4. The number of hydrogen-bond donors (Lipinski definition) is 0. The van der Waals surface area contributed by atoms with E-state index in [1.165, 1.54) is 12.1 Å². The van der Waals surface area contributed by atoms with Crippen LogP contribution < -0.4 is 0 Å². The van der Waals surface area contributed by atoms with Gasteiger partial charge in [-0.1, -0.05) is 12.1 Å². The fourth-order valence-corrected chi connectivity index (χ4v) is 2.32. The van der Waals surface area contributed by atoms with Gasteiger partial charge in [0.15, 0.2) is 0 Å². The second-order valence-electron chi connectivity index (χ2n) is 5.01. The lowest BCUT2D eigenvalue weighted by Gasteiger charge is -2.32. The molecular formula is C14H16F3NO. The van der Waals surface area contributed by atoms with Crippen LogP contribution in [0.2, 0.25) is 0 Å². The Labute approximate surface area is 110 Å². The van der Waals surface area contributed by atoms with Gasteiger partial charge in [-0.15, -0.1) is 0 Å². The van der Waals surface area contributed by atoms with Crippen molar-refractivity contribution in [3.63, 3.8) is 0 Å². The van der Waals surface area contributed by atoms with E-state index in [1.807, 2.05) is 6.92 Å². The van der Waals surface area contributed by atoms with Crippen LogP contribution in [0.3, 0.4) is 0 Å². The summed E-state index contributed by atoms with van der Waals surface area (Å²) in [7, 11) is 0. The zero-order valence-corrected chi connectivity index (χ0v) is 10.7. The maximum absolute atomic E-state index is 12.4. The van der Waals surface area contributed by atoms with Crippen molar-refractivity contribution < 1.29 is 18.0 Å². The van der Waals surface area contributed by atoms with Gasteiger partial charge in [-0.3, -0.25) is 9.69 Å². The molecule has 1 aromatic rings. The van der Waals surface area contributed by atoms with Gasteiger partial charge in [-0.05, 0) is 24.6 Å². The molecule has 1 atom stereocenters. The summed E-state index contributed by atoms with van der Waals surface area (Å²) in [5, 5.41) is 0. The summed E-state index contributed by atoms with van der Waals surface area (Å²) < 4.78 is 37.3. The van der Waals surface area contributed by atoms with Crippen molar-refractivity contribution in [3.8, 4) is 0 Å². The molecule has 1 unspecified atom stereocenters. The Bertz CT molecular complexity index is 453. The topological polar surface area (TPSA) is 20.3 Å². The average molecular weight is 271 g/mol. The Kier molecular flexibility index (Phi) is 3.94. The Morgan fingerprint density at radius 1 is 1.26 bits per heavy atom.